The second-order valence-electron chi connectivity index (χ2n) is 4.20. The number of rotatable bonds is 3. The van der Waals surface area contributed by atoms with Crippen molar-refractivity contribution in [3.05, 3.63) is 54.3 Å². The maximum atomic E-state index is 12.1. The Balaban J connectivity index is 1.83. The lowest BCUT2D eigenvalue weighted by Crippen LogP contribution is -2.12. The van der Waals surface area contributed by atoms with Crippen molar-refractivity contribution in [2.75, 3.05) is 5.32 Å². The second kappa shape index (κ2) is 4.96. The van der Waals surface area contributed by atoms with E-state index in [1.54, 1.807) is 48.4 Å². The first-order valence-corrected chi connectivity index (χ1v) is 5.92. The van der Waals surface area contributed by atoms with Crippen LogP contribution in [0.4, 0.5) is 5.82 Å². The number of nitrogens with one attached hydrogen (secondary N) is 1. The smallest absolute Gasteiger partial charge is 0.256 e. The van der Waals surface area contributed by atoms with Gasteiger partial charge in [-0.15, -0.1) is 10.2 Å². The quantitative estimate of drug-likeness (QED) is 0.783. The van der Waals surface area contributed by atoms with Crippen molar-refractivity contribution in [3.8, 4) is 5.69 Å². The average molecular weight is 269 g/mol. The third-order valence-electron chi connectivity index (χ3n) is 2.69. The van der Waals surface area contributed by atoms with Gasteiger partial charge in [-0.2, -0.15) is 0 Å². The molecule has 20 heavy (non-hydrogen) atoms. The van der Waals surface area contributed by atoms with Crippen molar-refractivity contribution in [2.24, 2.45) is 0 Å². The Morgan fingerprint density at radius 3 is 2.75 bits per heavy atom. The summed E-state index contributed by atoms with van der Waals surface area (Å²) in [5.74, 6) is 0.772. The molecule has 3 rings (SSSR count). The van der Waals surface area contributed by atoms with E-state index in [-0.39, 0.29) is 5.91 Å². The summed E-state index contributed by atoms with van der Waals surface area (Å²) < 4.78 is 6.62. The Hall–Kier alpha value is -2.96. The van der Waals surface area contributed by atoms with Crippen LogP contribution < -0.4 is 5.32 Å². The molecule has 0 radical (unpaired) electrons. The Kier molecular flexibility index (Phi) is 3.00. The van der Waals surface area contributed by atoms with Crippen LogP contribution in [0.3, 0.4) is 0 Å². The molecule has 0 unspecified atom stereocenters. The maximum Gasteiger partial charge on any atom is 0.256 e. The number of aryl methyl sites for hydroxylation is 1. The van der Waals surface area contributed by atoms with Crippen LogP contribution in [0.1, 0.15) is 16.1 Å². The normalized spacial score (nSPS) is 10.4. The Bertz CT molecular complexity index is 733. The zero-order valence-corrected chi connectivity index (χ0v) is 10.6. The van der Waals surface area contributed by atoms with E-state index >= 15 is 0 Å². The maximum absolute atomic E-state index is 12.1. The van der Waals surface area contributed by atoms with Gasteiger partial charge in [-0.1, -0.05) is 11.2 Å². The number of hydrogen-bond acceptors (Lipinski definition) is 5. The summed E-state index contributed by atoms with van der Waals surface area (Å²) in [6.07, 6.45) is 3.13. The molecule has 0 fully saturated rings. The van der Waals surface area contributed by atoms with E-state index in [1.165, 1.54) is 0 Å². The Morgan fingerprint density at radius 2 is 2.05 bits per heavy atom. The minimum atomic E-state index is -0.256. The van der Waals surface area contributed by atoms with E-state index < -0.39 is 0 Å². The molecule has 100 valence electrons. The van der Waals surface area contributed by atoms with Crippen molar-refractivity contribution in [1.82, 2.24) is 19.9 Å². The van der Waals surface area contributed by atoms with Crippen LogP contribution in [0, 0.1) is 6.92 Å². The summed E-state index contributed by atoms with van der Waals surface area (Å²) in [5.41, 5.74) is 1.32. The minimum absolute atomic E-state index is 0.256. The second-order valence-corrected chi connectivity index (χ2v) is 4.20. The van der Waals surface area contributed by atoms with Gasteiger partial charge in [0.1, 0.15) is 18.4 Å². The third kappa shape index (κ3) is 2.41. The number of benzene rings is 1. The average Bonchev–Trinajstić information content (AvgIpc) is 3.11. The molecule has 0 bridgehead atoms. The van der Waals surface area contributed by atoms with Gasteiger partial charge in [0, 0.05) is 17.3 Å². The van der Waals surface area contributed by atoms with Gasteiger partial charge < -0.3 is 9.84 Å². The molecule has 7 nitrogen and oxygen atoms in total. The van der Waals surface area contributed by atoms with Gasteiger partial charge in [-0.05, 0) is 25.1 Å². The molecule has 2 aromatic heterocycles. The number of carbonyl (C=O) groups is 1. The van der Waals surface area contributed by atoms with E-state index in [2.05, 4.69) is 20.7 Å². The molecule has 0 spiro atoms. The topological polar surface area (TPSA) is 85.8 Å². The fourth-order valence-electron chi connectivity index (χ4n) is 1.76. The molecule has 1 amide bonds. The fourth-order valence-corrected chi connectivity index (χ4v) is 1.76. The lowest BCUT2D eigenvalue weighted by Gasteiger charge is -2.05. The van der Waals surface area contributed by atoms with Gasteiger partial charge >= 0.3 is 0 Å². The predicted octanol–water partition coefficient (Wildman–Crippen LogP) is 1.82. The van der Waals surface area contributed by atoms with Crippen molar-refractivity contribution in [3.63, 3.8) is 0 Å². The number of nitrogens with zero attached hydrogens (tertiary/aromatic N) is 4. The molecule has 1 aromatic carbocycles. The Morgan fingerprint density at radius 1 is 1.25 bits per heavy atom. The number of anilines is 1. The molecule has 2 heterocycles. The Labute approximate surface area is 114 Å². The van der Waals surface area contributed by atoms with Crippen LogP contribution >= 0.6 is 0 Å². The molecule has 0 saturated heterocycles. The summed E-state index contributed by atoms with van der Waals surface area (Å²) in [5, 5.41) is 13.9. The van der Waals surface area contributed by atoms with E-state index in [0.717, 1.165) is 5.69 Å². The summed E-state index contributed by atoms with van der Waals surface area (Å²) >= 11 is 0. The molecule has 0 saturated carbocycles. The number of carbonyl (C=O) groups excluding carboxylic acids is 1. The van der Waals surface area contributed by atoms with Crippen LogP contribution in [-0.2, 0) is 0 Å². The van der Waals surface area contributed by atoms with Gasteiger partial charge in [0.2, 0.25) is 0 Å². The zero-order valence-electron chi connectivity index (χ0n) is 10.6. The molecular formula is C13H11N5O2. The van der Waals surface area contributed by atoms with Crippen LogP contribution in [0.2, 0.25) is 0 Å². The highest BCUT2D eigenvalue weighted by Gasteiger charge is 2.09. The first kappa shape index (κ1) is 12.1. The third-order valence-corrected chi connectivity index (χ3v) is 2.69. The summed E-state index contributed by atoms with van der Waals surface area (Å²) in [4.78, 5) is 12.1. The number of aromatic nitrogens is 4. The van der Waals surface area contributed by atoms with Crippen LogP contribution in [0.15, 0.2) is 47.5 Å². The summed E-state index contributed by atoms with van der Waals surface area (Å²) in [7, 11) is 0. The predicted molar refractivity (Wildman–Crippen MR) is 70.6 cm³/mol. The van der Waals surface area contributed by atoms with Gasteiger partial charge in [0.05, 0.1) is 0 Å². The first-order chi connectivity index (χ1) is 9.72. The van der Waals surface area contributed by atoms with E-state index in [1.807, 2.05) is 6.07 Å². The molecule has 0 aliphatic heterocycles. The van der Waals surface area contributed by atoms with E-state index in [9.17, 15) is 4.79 Å². The van der Waals surface area contributed by atoms with Gasteiger partial charge in [-0.3, -0.25) is 9.36 Å². The number of amides is 1. The first-order valence-electron chi connectivity index (χ1n) is 5.92. The molecular weight excluding hydrogens is 258 g/mol. The molecule has 0 aliphatic rings. The van der Waals surface area contributed by atoms with Crippen LogP contribution in [0.5, 0.6) is 0 Å². The van der Waals surface area contributed by atoms with Crippen molar-refractivity contribution in [2.45, 2.75) is 6.92 Å². The summed E-state index contributed by atoms with van der Waals surface area (Å²) in [6, 6.07) is 8.77. The van der Waals surface area contributed by atoms with E-state index in [4.69, 9.17) is 4.52 Å². The van der Waals surface area contributed by atoms with Crippen molar-refractivity contribution >= 4 is 11.7 Å². The molecule has 7 heteroatoms. The molecule has 0 atom stereocenters. The van der Waals surface area contributed by atoms with Crippen LogP contribution in [0.25, 0.3) is 5.69 Å². The highest BCUT2D eigenvalue weighted by atomic mass is 16.5. The molecule has 3 aromatic rings. The lowest BCUT2D eigenvalue weighted by atomic mass is 10.2. The monoisotopic (exact) mass is 269 g/mol. The molecule has 1 N–H and O–H groups in total. The highest BCUT2D eigenvalue weighted by Crippen LogP contribution is 2.13. The van der Waals surface area contributed by atoms with Gasteiger partial charge in [-0.25, -0.2) is 0 Å². The largest absolute Gasteiger partial charge is 0.360 e. The zero-order chi connectivity index (χ0) is 13.9. The van der Waals surface area contributed by atoms with Crippen molar-refractivity contribution in [1.29, 1.82) is 0 Å². The SMILES string of the molecule is Cc1cc(NC(=O)c2cccc(-n3cnnc3)c2)no1. The van der Waals surface area contributed by atoms with Gasteiger partial charge in [0.25, 0.3) is 5.91 Å². The van der Waals surface area contributed by atoms with E-state index in [0.29, 0.717) is 17.1 Å². The number of hydrogen-bond donors (Lipinski definition) is 1. The van der Waals surface area contributed by atoms with Gasteiger partial charge in [0.15, 0.2) is 5.82 Å². The molecule has 0 aliphatic carbocycles. The van der Waals surface area contributed by atoms with Crippen LogP contribution in [-0.4, -0.2) is 25.8 Å². The van der Waals surface area contributed by atoms with Crippen molar-refractivity contribution < 1.29 is 9.32 Å². The minimum Gasteiger partial charge on any atom is -0.360 e. The standard InChI is InChI=1S/C13H11N5O2/c1-9-5-12(17-20-9)16-13(19)10-3-2-4-11(6-10)18-7-14-15-8-18/h2-8H,1H3,(H,16,17,19). The highest BCUT2D eigenvalue weighted by molar-refractivity contribution is 6.04. The lowest BCUT2D eigenvalue weighted by molar-refractivity contribution is 0.102. The fraction of sp³-hybridized carbons (Fsp3) is 0.0769. The summed E-state index contributed by atoms with van der Waals surface area (Å²) in [6.45, 7) is 1.76.